The van der Waals surface area contributed by atoms with Crippen LogP contribution in [0.25, 0.3) is 11.3 Å². The Balaban J connectivity index is 1.15. The van der Waals surface area contributed by atoms with E-state index in [0.717, 1.165) is 22.1 Å². The molecule has 4 aromatic carbocycles. The Morgan fingerprint density at radius 2 is 1.70 bits per heavy atom. The Labute approximate surface area is 260 Å². The molecule has 2 N–H and O–H groups in total. The first-order chi connectivity index (χ1) is 20.7. The van der Waals surface area contributed by atoms with Crippen LogP contribution < -0.4 is 15.5 Å². The minimum Gasteiger partial charge on any atom is -0.486 e. The van der Waals surface area contributed by atoms with Crippen molar-refractivity contribution in [3.05, 3.63) is 133 Å². The maximum Gasteiger partial charge on any atom is 0.271 e. The average Bonchev–Trinajstić information content (AvgIpc) is 3.46. The summed E-state index contributed by atoms with van der Waals surface area (Å²) in [6.45, 7) is 2.16. The molecule has 1 aromatic heterocycles. The van der Waals surface area contributed by atoms with Gasteiger partial charge >= 0.3 is 0 Å². The number of nitro benzene ring substituents is 1. The molecule has 0 aliphatic rings. The molecule has 0 atom stereocenters. The number of nitrogens with one attached hydrogen (secondary N) is 2. The zero-order valence-corrected chi connectivity index (χ0v) is 24.9. The van der Waals surface area contributed by atoms with Crippen molar-refractivity contribution in [2.75, 3.05) is 5.32 Å². The van der Waals surface area contributed by atoms with Crippen molar-refractivity contribution in [1.29, 1.82) is 0 Å². The monoisotopic (exact) mass is 631 g/mol. The maximum absolute atomic E-state index is 12.6. The first-order valence-corrected chi connectivity index (χ1v) is 14.5. The number of aryl methyl sites for hydroxylation is 1. The zero-order valence-electron chi connectivity index (χ0n) is 22.6. The third-order valence-corrected chi connectivity index (χ3v) is 7.50. The molecule has 0 aliphatic carbocycles. The summed E-state index contributed by atoms with van der Waals surface area (Å²) in [6.07, 6.45) is 1.42. The number of hydrazone groups is 1. The van der Waals surface area contributed by atoms with Gasteiger partial charge in [0.2, 0.25) is 0 Å². The van der Waals surface area contributed by atoms with Gasteiger partial charge in [0, 0.05) is 34.3 Å². The van der Waals surface area contributed by atoms with E-state index in [4.69, 9.17) is 27.9 Å². The number of thiazole rings is 1. The van der Waals surface area contributed by atoms with Gasteiger partial charge in [-0.05, 0) is 66.6 Å². The molecule has 5 rings (SSSR count). The molecule has 9 nitrogen and oxygen atoms in total. The number of anilines is 2. The summed E-state index contributed by atoms with van der Waals surface area (Å²) in [5, 5.41) is 21.4. The lowest BCUT2D eigenvalue weighted by Gasteiger charge is -2.11. The van der Waals surface area contributed by atoms with Crippen LogP contribution in [0.5, 0.6) is 5.75 Å². The molecule has 1 heterocycles. The van der Waals surface area contributed by atoms with Gasteiger partial charge in [0.15, 0.2) is 10.9 Å². The predicted octanol–water partition coefficient (Wildman–Crippen LogP) is 8.42. The number of halogens is 2. The van der Waals surface area contributed by atoms with E-state index in [2.05, 4.69) is 20.8 Å². The molecule has 12 heteroatoms. The number of ether oxygens (including phenoxy) is 1. The van der Waals surface area contributed by atoms with Crippen molar-refractivity contribution >= 4 is 63.2 Å². The van der Waals surface area contributed by atoms with Gasteiger partial charge in [-0.25, -0.2) is 10.4 Å². The molecule has 0 aliphatic heterocycles. The number of nitro groups is 1. The van der Waals surface area contributed by atoms with Gasteiger partial charge in [0.05, 0.1) is 26.9 Å². The van der Waals surface area contributed by atoms with Crippen molar-refractivity contribution in [3.63, 3.8) is 0 Å². The van der Waals surface area contributed by atoms with E-state index in [1.165, 1.54) is 35.2 Å². The Morgan fingerprint density at radius 1 is 1.02 bits per heavy atom. The number of carbonyl (C=O) groups is 1. The number of benzene rings is 4. The van der Waals surface area contributed by atoms with Crippen molar-refractivity contribution < 1.29 is 14.5 Å². The second-order valence-electron chi connectivity index (χ2n) is 9.33. The molecular formula is C31H23Cl2N5O4S. The van der Waals surface area contributed by atoms with Crippen LogP contribution in [0.4, 0.5) is 16.5 Å². The van der Waals surface area contributed by atoms with Crippen molar-refractivity contribution in [1.82, 2.24) is 10.4 Å². The molecule has 43 heavy (non-hydrogen) atoms. The van der Waals surface area contributed by atoms with Crippen LogP contribution in [0.2, 0.25) is 10.0 Å². The standard InChI is InChI=1S/C31H23Cl2N5O4S/c1-19-2-10-24(11-3-19)35-31-36-28(18-43-31)22-6-8-23(9-7-22)30(39)37-34-16-21-14-26(32)29(27(33)15-21)42-17-20-4-12-25(13-5-20)38(40)41/h2-16,18H,17H2,1H3,(H,35,36)(H,37,39)/b34-16-. The number of rotatable bonds is 10. The van der Waals surface area contributed by atoms with Crippen LogP contribution in [0, 0.1) is 17.0 Å². The lowest BCUT2D eigenvalue weighted by atomic mass is 10.1. The van der Waals surface area contributed by atoms with E-state index in [9.17, 15) is 14.9 Å². The highest BCUT2D eigenvalue weighted by Gasteiger charge is 2.12. The van der Waals surface area contributed by atoms with Crippen LogP contribution in [0.15, 0.2) is 95.4 Å². The smallest absolute Gasteiger partial charge is 0.271 e. The largest absolute Gasteiger partial charge is 0.486 e. The fraction of sp³-hybridized carbons (Fsp3) is 0.0645. The van der Waals surface area contributed by atoms with Gasteiger partial charge < -0.3 is 10.1 Å². The van der Waals surface area contributed by atoms with Gasteiger partial charge in [-0.15, -0.1) is 11.3 Å². The van der Waals surface area contributed by atoms with Gasteiger partial charge in [0.25, 0.3) is 11.6 Å². The van der Waals surface area contributed by atoms with Crippen molar-refractivity contribution in [2.24, 2.45) is 5.10 Å². The van der Waals surface area contributed by atoms with Gasteiger partial charge in [-0.2, -0.15) is 5.10 Å². The third kappa shape index (κ3) is 7.75. The molecule has 0 radical (unpaired) electrons. The number of non-ortho nitro benzene ring substituents is 1. The summed E-state index contributed by atoms with van der Waals surface area (Å²) in [5.41, 5.74) is 8.02. The van der Waals surface area contributed by atoms with Crippen molar-refractivity contribution in [2.45, 2.75) is 13.5 Å². The number of carbonyl (C=O) groups excluding carboxylic acids is 1. The van der Waals surface area contributed by atoms with E-state index < -0.39 is 4.92 Å². The minimum atomic E-state index is -0.471. The Bertz CT molecular complexity index is 1770. The van der Waals surface area contributed by atoms with Crippen LogP contribution in [0.3, 0.4) is 0 Å². The number of nitrogens with zero attached hydrogens (tertiary/aromatic N) is 3. The first-order valence-electron chi connectivity index (χ1n) is 12.8. The maximum atomic E-state index is 12.6. The zero-order chi connectivity index (χ0) is 30.3. The average molecular weight is 633 g/mol. The lowest BCUT2D eigenvalue weighted by molar-refractivity contribution is -0.384. The van der Waals surface area contributed by atoms with Crippen LogP contribution in [-0.2, 0) is 6.61 Å². The fourth-order valence-corrected chi connectivity index (χ4v) is 5.26. The van der Waals surface area contributed by atoms with E-state index in [1.54, 1.807) is 36.4 Å². The second-order valence-corrected chi connectivity index (χ2v) is 11.0. The Hall–Kier alpha value is -4.77. The van der Waals surface area contributed by atoms with E-state index in [-0.39, 0.29) is 34.0 Å². The first kappa shape index (κ1) is 29.7. The highest BCUT2D eigenvalue weighted by Crippen LogP contribution is 2.34. The minimum absolute atomic E-state index is 0.00995. The fourth-order valence-electron chi connectivity index (χ4n) is 3.91. The van der Waals surface area contributed by atoms with Crippen molar-refractivity contribution in [3.8, 4) is 17.0 Å². The highest BCUT2D eigenvalue weighted by atomic mass is 35.5. The quantitative estimate of drug-likeness (QED) is 0.0907. The molecule has 0 saturated carbocycles. The molecule has 0 unspecified atom stereocenters. The number of hydrogen-bond donors (Lipinski definition) is 2. The number of aromatic nitrogens is 1. The summed E-state index contributed by atoms with van der Waals surface area (Å²) in [4.78, 5) is 27.6. The summed E-state index contributed by atoms with van der Waals surface area (Å²) in [5.74, 6) is -0.121. The van der Waals surface area contributed by atoms with Crippen LogP contribution in [-0.4, -0.2) is 22.0 Å². The summed E-state index contributed by atoms with van der Waals surface area (Å²) < 4.78 is 5.73. The molecule has 0 saturated heterocycles. The summed E-state index contributed by atoms with van der Waals surface area (Å²) >= 11 is 14.2. The van der Waals surface area contributed by atoms with E-state index >= 15 is 0 Å². The normalized spacial score (nSPS) is 11.0. The van der Waals surface area contributed by atoms with Gasteiger partial charge in [-0.3, -0.25) is 14.9 Å². The molecule has 0 bridgehead atoms. The van der Waals surface area contributed by atoms with Crippen LogP contribution >= 0.6 is 34.5 Å². The Kier molecular flexibility index (Phi) is 9.31. The topological polar surface area (TPSA) is 119 Å². The lowest BCUT2D eigenvalue weighted by Crippen LogP contribution is -2.17. The Morgan fingerprint density at radius 3 is 2.35 bits per heavy atom. The van der Waals surface area contributed by atoms with Gasteiger partial charge in [0.1, 0.15) is 6.61 Å². The molecule has 0 fully saturated rings. The molecule has 1 amide bonds. The third-order valence-electron chi connectivity index (χ3n) is 6.18. The molecular weight excluding hydrogens is 609 g/mol. The van der Waals surface area contributed by atoms with E-state index in [1.807, 2.05) is 48.7 Å². The summed E-state index contributed by atoms with van der Waals surface area (Å²) in [7, 11) is 0. The molecule has 5 aromatic rings. The number of hydrogen-bond acceptors (Lipinski definition) is 8. The molecule has 0 spiro atoms. The van der Waals surface area contributed by atoms with Gasteiger partial charge in [-0.1, -0.05) is 53.0 Å². The number of amides is 1. The van der Waals surface area contributed by atoms with Crippen LogP contribution in [0.1, 0.15) is 27.0 Å². The second kappa shape index (κ2) is 13.5. The predicted molar refractivity (Wildman–Crippen MR) is 171 cm³/mol. The SMILES string of the molecule is Cc1ccc(Nc2nc(-c3ccc(C(=O)N/N=C\c4cc(Cl)c(OCc5ccc([N+](=O)[O-])cc5)c(Cl)c4)cc3)cs2)cc1. The summed E-state index contributed by atoms with van der Waals surface area (Å²) in [6, 6.07) is 24.3. The van der Waals surface area contributed by atoms with E-state index in [0.29, 0.717) is 16.7 Å². The highest BCUT2D eigenvalue weighted by molar-refractivity contribution is 7.14. The molecule has 216 valence electrons.